The summed E-state index contributed by atoms with van der Waals surface area (Å²) in [5.41, 5.74) is 0. The predicted molar refractivity (Wildman–Crippen MR) is 57.0 cm³/mol. The fourth-order valence-electron chi connectivity index (χ4n) is 1.78. The predicted octanol–water partition coefficient (Wildman–Crippen LogP) is 3.31. The lowest BCUT2D eigenvalue weighted by molar-refractivity contribution is -0.172. The molecule has 3 unspecified atom stereocenters. The number of hydrogen-bond donors (Lipinski definition) is 0. The zero-order valence-electron chi connectivity index (χ0n) is 9.70. The minimum absolute atomic E-state index is 0.257. The summed E-state index contributed by atoms with van der Waals surface area (Å²) in [5, 5.41) is 8.39. The Morgan fingerprint density at radius 3 is 2.59 bits per heavy atom. The van der Waals surface area contributed by atoms with Crippen molar-refractivity contribution < 1.29 is 17.9 Å². The summed E-state index contributed by atoms with van der Waals surface area (Å²) in [6.45, 7) is 1.79. The molecule has 17 heavy (non-hydrogen) atoms. The summed E-state index contributed by atoms with van der Waals surface area (Å²) in [5.74, 6) is -1.34. The zero-order chi connectivity index (χ0) is 12.9. The van der Waals surface area contributed by atoms with E-state index in [0.29, 0.717) is 12.5 Å². The van der Waals surface area contributed by atoms with Crippen LogP contribution in [0.1, 0.15) is 19.8 Å². The zero-order valence-corrected chi connectivity index (χ0v) is 9.70. The lowest BCUT2D eigenvalue weighted by Crippen LogP contribution is -2.28. The maximum atomic E-state index is 12.2. The summed E-state index contributed by atoms with van der Waals surface area (Å²) in [6, 6.07) is 1.23. The molecule has 0 aromatic rings. The first-order valence-corrected chi connectivity index (χ1v) is 5.64. The highest BCUT2D eigenvalue weighted by molar-refractivity contribution is 4.93. The molecule has 0 saturated carbocycles. The van der Waals surface area contributed by atoms with Gasteiger partial charge in [0.25, 0.3) is 0 Å². The van der Waals surface area contributed by atoms with Crippen LogP contribution in [0, 0.1) is 29.1 Å². The number of alkyl halides is 3. The second-order valence-corrected chi connectivity index (χ2v) is 4.44. The van der Waals surface area contributed by atoms with Crippen molar-refractivity contribution in [1.82, 2.24) is 0 Å². The molecule has 0 amide bonds. The van der Waals surface area contributed by atoms with E-state index in [1.54, 1.807) is 0 Å². The summed E-state index contributed by atoms with van der Waals surface area (Å²) < 4.78 is 41.8. The van der Waals surface area contributed by atoms with Crippen LogP contribution in [0.15, 0.2) is 12.2 Å². The minimum atomic E-state index is -4.49. The largest absolute Gasteiger partial charge is 0.406 e. The number of ether oxygens (including phenoxy) is 1. The third-order valence-corrected chi connectivity index (χ3v) is 3.09. The van der Waals surface area contributed by atoms with E-state index in [1.807, 2.05) is 6.08 Å². The molecule has 0 aromatic heterocycles. The topological polar surface area (TPSA) is 33.0 Å². The normalized spacial score (nSPS) is 26.5. The minimum Gasteiger partial charge on any atom is -0.379 e. The van der Waals surface area contributed by atoms with Crippen LogP contribution in [0.4, 0.5) is 13.2 Å². The number of halogens is 3. The van der Waals surface area contributed by atoms with Gasteiger partial charge in [-0.2, -0.15) is 18.4 Å². The summed E-state index contributed by atoms with van der Waals surface area (Å²) in [7, 11) is 0. The average Bonchev–Trinajstić information content (AvgIpc) is 2.25. The van der Waals surface area contributed by atoms with E-state index in [-0.39, 0.29) is 5.92 Å². The third kappa shape index (κ3) is 4.39. The van der Waals surface area contributed by atoms with Crippen LogP contribution in [-0.2, 0) is 4.74 Å². The highest BCUT2D eigenvalue weighted by atomic mass is 19.4. The van der Waals surface area contributed by atoms with Gasteiger partial charge in [-0.05, 0) is 24.7 Å². The third-order valence-electron chi connectivity index (χ3n) is 3.09. The van der Waals surface area contributed by atoms with Crippen molar-refractivity contribution in [2.24, 2.45) is 17.8 Å². The van der Waals surface area contributed by atoms with Crippen LogP contribution in [0.5, 0.6) is 0 Å². The fraction of sp³-hybridized carbons (Fsp3) is 0.750. The molecule has 0 heterocycles. The van der Waals surface area contributed by atoms with Crippen LogP contribution in [0.25, 0.3) is 0 Å². The number of nitriles is 1. The molecule has 1 rings (SSSR count). The SMILES string of the molecule is CC1CC=CCC1COCC(C#N)C(F)(F)F. The molecule has 0 fully saturated rings. The molecule has 1 aliphatic carbocycles. The molecule has 96 valence electrons. The van der Waals surface area contributed by atoms with E-state index < -0.39 is 18.7 Å². The Labute approximate surface area is 99.1 Å². The maximum Gasteiger partial charge on any atom is 0.406 e. The Bertz CT molecular complexity index is 306. The van der Waals surface area contributed by atoms with Crippen molar-refractivity contribution in [3.05, 3.63) is 12.2 Å². The standard InChI is InChI=1S/C12H16F3NO/c1-9-4-2-3-5-10(9)7-17-8-11(6-16)12(13,14)15/h2-3,9-11H,4-5,7-8H2,1H3. The summed E-state index contributed by atoms with van der Waals surface area (Å²) in [6.07, 6.45) is 1.39. The fourth-order valence-corrected chi connectivity index (χ4v) is 1.78. The molecule has 0 bridgehead atoms. The van der Waals surface area contributed by atoms with E-state index >= 15 is 0 Å². The molecule has 0 spiro atoms. The van der Waals surface area contributed by atoms with Crippen LogP contribution in [0.2, 0.25) is 0 Å². The Balaban J connectivity index is 2.32. The van der Waals surface area contributed by atoms with Crippen molar-refractivity contribution in [3.8, 4) is 6.07 Å². The molecule has 0 aliphatic heterocycles. The Morgan fingerprint density at radius 2 is 2.06 bits per heavy atom. The van der Waals surface area contributed by atoms with E-state index in [9.17, 15) is 13.2 Å². The van der Waals surface area contributed by atoms with E-state index in [2.05, 4.69) is 13.0 Å². The first-order chi connectivity index (χ1) is 7.95. The number of nitrogens with zero attached hydrogens (tertiary/aromatic N) is 1. The Morgan fingerprint density at radius 1 is 1.41 bits per heavy atom. The lowest BCUT2D eigenvalue weighted by atomic mass is 9.85. The number of allylic oxidation sites excluding steroid dienone is 2. The van der Waals surface area contributed by atoms with Gasteiger partial charge in [0.1, 0.15) is 0 Å². The highest BCUT2D eigenvalue weighted by Gasteiger charge is 2.40. The molecular weight excluding hydrogens is 231 g/mol. The van der Waals surface area contributed by atoms with Gasteiger partial charge in [0.2, 0.25) is 0 Å². The molecule has 5 heteroatoms. The molecule has 0 N–H and O–H groups in total. The van der Waals surface area contributed by atoms with Gasteiger partial charge in [0.15, 0.2) is 5.92 Å². The molecular formula is C12H16F3NO. The Hall–Kier alpha value is -1.02. The van der Waals surface area contributed by atoms with Crippen molar-refractivity contribution in [3.63, 3.8) is 0 Å². The molecule has 0 saturated heterocycles. The number of rotatable bonds is 4. The van der Waals surface area contributed by atoms with Gasteiger partial charge in [-0.3, -0.25) is 0 Å². The van der Waals surface area contributed by atoms with Gasteiger partial charge < -0.3 is 4.74 Å². The van der Waals surface area contributed by atoms with Crippen molar-refractivity contribution in [2.75, 3.05) is 13.2 Å². The Kier molecular flexibility index (Phi) is 5.01. The monoisotopic (exact) mass is 247 g/mol. The highest BCUT2D eigenvalue weighted by Crippen LogP contribution is 2.28. The second kappa shape index (κ2) is 6.06. The quantitative estimate of drug-likeness (QED) is 0.714. The van der Waals surface area contributed by atoms with Gasteiger partial charge in [-0.15, -0.1) is 0 Å². The molecule has 2 nitrogen and oxygen atoms in total. The number of hydrogen-bond acceptors (Lipinski definition) is 2. The van der Waals surface area contributed by atoms with Crippen LogP contribution in [-0.4, -0.2) is 19.4 Å². The molecule has 3 atom stereocenters. The van der Waals surface area contributed by atoms with Gasteiger partial charge in [-0.1, -0.05) is 19.1 Å². The first-order valence-electron chi connectivity index (χ1n) is 5.64. The van der Waals surface area contributed by atoms with Crippen LogP contribution in [0.3, 0.4) is 0 Å². The second-order valence-electron chi connectivity index (χ2n) is 4.44. The van der Waals surface area contributed by atoms with Crippen molar-refractivity contribution in [2.45, 2.75) is 25.9 Å². The van der Waals surface area contributed by atoms with Gasteiger partial charge >= 0.3 is 6.18 Å². The van der Waals surface area contributed by atoms with Gasteiger partial charge in [0.05, 0.1) is 19.3 Å². The molecule has 0 radical (unpaired) electrons. The van der Waals surface area contributed by atoms with Crippen LogP contribution < -0.4 is 0 Å². The lowest BCUT2D eigenvalue weighted by Gasteiger charge is -2.25. The average molecular weight is 247 g/mol. The first kappa shape index (κ1) is 14.0. The van der Waals surface area contributed by atoms with Crippen molar-refractivity contribution in [1.29, 1.82) is 5.26 Å². The van der Waals surface area contributed by atoms with E-state index in [4.69, 9.17) is 10.00 Å². The van der Waals surface area contributed by atoms with Crippen molar-refractivity contribution >= 4 is 0 Å². The smallest absolute Gasteiger partial charge is 0.379 e. The van der Waals surface area contributed by atoms with E-state index in [0.717, 1.165) is 12.8 Å². The maximum absolute atomic E-state index is 12.2. The molecule has 0 aromatic carbocycles. The van der Waals surface area contributed by atoms with Gasteiger partial charge in [0, 0.05) is 0 Å². The van der Waals surface area contributed by atoms with E-state index in [1.165, 1.54) is 6.07 Å². The van der Waals surface area contributed by atoms with Gasteiger partial charge in [-0.25, -0.2) is 0 Å². The summed E-state index contributed by atoms with van der Waals surface area (Å²) in [4.78, 5) is 0. The summed E-state index contributed by atoms with van der Waals surface area (Å²) >= 11 is 0. The van der Waals surface area contributed by atoms with Crippen LogP contribution >= 0.6 is 0 Å². The molecule has 1 aliphatic rings.